The first-order chi connectivity index (χ1) is 10.9. The molecule has 1 unspecified atom stereocenters. The molecule has 7 nitrogen and oxygen atoms in total. The van der Waals surface area contributed by atoms with Gasteiger partial charge in [-0.25, -0.2) is 4.98 Å². The van der Waals surface area contributed by atoms with Crippen LogP contribution in [0.4, 0.5) is 0 Å². The van der Waals surface area contributed by atoms with Gasteiger partial charge in [-0.3, -0.25) is 14.7 Å². The Morgan fingerprint density at radius 1 is 1.43 bits per heavy atom. The highest BCUT2D eigenvalue weighted by Crippen LogP contribution is 2.14. The lowest BCUT2D eigenvalue weighted by molar-refractivity contribution is -0.131. The van der Waals surface area contributed by atoms with Crippen molar-refractivity contribution in [1.29, 1.82) is 0 Å². The van der Waals surface area contributed by atoms with E-state index in [-0.39, 0.29) is 24.3 Å². The molecular weight excluding hydrogens is 294 g/mol. The van der Waals surface area contributed by atoms with E-state index in [9.17, 15) is 9.59 Å². The molecule has 0 spiro atoms. The van der Waals surface area contributed by atoms with Crippen LogP contribution in [-0.4, -0.2) is 51.0 Å². The van der Waals surface area contributed by atoms with E-state index >= 15 is 0 Å². The number of hydrogen-bond acceptors (Lipinski definition) is 4. The first-order valence-corrected chi connectivity index (χ1v) is 8.39. The van der Waals surface area contributed by atoms with Gasteiger partial charge in [0.1, 0.15) is 5.82 Å². The van der Waals surface area contributed by atoms with Gasteiger partial charge in [0.05, 0.1) is 6.42 Å². The molecule has 2 heterocycles. The van der Waals surface area contributed by atoms with Gasteiger partial charge in [0.2, 0.25) is 11.8 Å². The fourth-order valence-corrected chi connectivity index (χ4v) is 2.72. The summed E-state index contributed by atoms with van der Waals surface area (Å²) in [5, 5.41) is 9.71. The second kappa shape index (κ2) is 8.08. The number of carbonyl (C=O) groups excluding carboxylic acids is 2. The number of rotatable bonds is 6. The number of H-pyrrole nitrogens is 1. The minimum Gasteiger partial charge on any atom is -0.353 e. The van der Waals surface area contributed by atoms with Crippen molar-refractivity contribution in [3.63, 3.8) is 0 Å². The highest BCUT2D eigenvalue weighted by molar-refractivity contribution is 5.79. The van der Waals surface area contributed by atoms with E-state index in [1.54, 1.807) is 6.92 Å². The molecule has 2 N–H and O–H groups in total. The zero-order valence-electron chi connectivity index (χ0n) is 14.3. The van der Waals surface area contributed by atoms with E-state index < -0.39 is 0 Å². The van der Waals surface area contributed by atoms with Crippen molar-refractivity contribution < 1.29 is 9.59 Å². The normalized spacial score (nSPS) is 19.0. The number of aromatic nitrogens is 3. The Balaban J connectivity index is 1.80. The van der Waals surface area contributed by atoms with Gasteiger partial charge in [-0.05, 0) is 32.1 Å². The van der Waals surface area contributed by atoms with Crippen molar-refractivity contribution in [2.45, 2.75) is 58.9 Å². The van der Waals surface area contributed by atoms with Crippen molar-refractivity contribution in [3.05, 3.63) is 11.6 Å². The Bertz CT molecular complexity index is 540. The van der Waals surface area contributed by atoms with Gasteiger partial charge in [0.15, 0.2) is 5.82 Å². The molecule has 1 aliphatic rings. The van der Waals surface area contributed by atoms with Gasteiger partial charge in [-0.2, -0.15) is 5.10 Å². The lowest BCUT2D eigenvalue weighted by Gasteiger charge is -2.22. The summed E-state index contributed by atoms with van der Waals surface area (Å²) >= 11 is 0. The number of hydrogen-bond donors (Lipinski definition) is 2. The lowest BCUT2D eigenvalue weighted by atomic mass is 10.1. The number of nitrogens with zero attached hydrogens (tertiary/aromatic N) is 3. The van der Waals surface area contributed by atoms with Crippen molar-refractivity contribution in [3.8, 4) is 0 Å². The molecule has 0 radical (unpaired) electrons. The van der Waals surface area contributed by atoms with Crippen LogP contribution < -0.4 is 5.32 Å². The van der Waals surface area contributed by atoms with E-state index in [1.807, 2.05) is 4.90 Å². The highest BCUT2D eigenvalue weighted by Gasteiger charge is 2.23. The maximum atomic E-state index is 12.1. The lowest BCUT2D eigenvalue weighted by Crippen LogP contribution is -2.37. The summed E-state index contributed by atoms with van der Waals surface area (Å²) in [6.07, 6.45) is 3.21. The zero-order valence-corrected chi connectivity index (χ0v) is 14.3. The number of aryl methyl sites for hydroxylation is 1. The second-order valence-electron chi connectivity index (χ2n) is 6.67. The summed E-state index contributed by atoms with van der Waals surface area (Å²) in [5.74, 6) is 1.91. The average Bonchev–Trinajstić information content (AvgIpc) is 2.79. The minimum atomic E-state index is -0.0860. The van der Waals surface area contributed by atoms with Gasteiger partial charge in [0.25, 0.3) is 0 Å². The van der Waals surface area contributed by atoms with Gasteiger partial charge in [-0.15, -0.1) is 0 Å². The minimum absolute atomic E-state index is 0.0514. The molecule has 2 amide bonds. The first-order valence-electron chi connectivity index (χ1n) is 8.39. The third kappa shape index (κ3) is 5.65. The average molecular weight is 321 g/mol. The predicted octanol–water partition coefficient (Wildman–Crippen LogP) is 1.20. The monoisotopic (exact) mass is 321 g/mol. The van der Waals surface area contributed by atoms with E-state index in [1.165, 1.54) is 0 Å². The van der Waals surface area contributed by atoms with Gasteiger partial charge < -0.3 is 10.2 Å². The largest absolute Gasteiger partial charge is 0.353 e. The molecule has 0 saturated carbocycles. The van der Waals surface area contributed by atoms with Gasteiger partial charge in [0, 0.05) is 25.6 Å². The van der Waals surface area contributed by atoms with E-state index in [4.69, 9.17) is 0 Å². The van der Waals surface area contributed by atoms with Crippen molar-refractivity contribution in [1.82, 2.24) is 25.4 Å². The Hall–Kier alpha value is -1.92. The molecule has 2 rings (SSSR count). The quantitative estimate of drug-likeness (QED) is 0.823. The van der Waals surface area contributed by atoms with Crippen LogP contribution in [0.15, 0.2) is 0 Å². The van der Waals surface area contributed by atoms with Crippen LogP contribution in [0.5, 0.6) is 0 Å². The van der Waals surface area contributed by atoms with Crippen LogP contribution >= 0.6 is 0 Å². The fraction of sp³-hybridized carbons (Fsp3) is 0.750. The van der Waals surface area contributed by atoms with E-state index in [2.05, 4.69) is 34.3 Å². The predicted molar refractivity (Wildman–Crippen MR) is 86.6 cm³/mol. The molecule has 0 bridgehead atoms. The number of nitrogens with one attached hydrogen (secondary N) is 2. The molecule has 1 atom stereocenters. The second-order valence-corrected chi connectivity index (χ2v) is 6.67. The number of carbonyl (C=O) groups is 2. The molecule has 0 aliphatic carbocycles. The third-order valence-electron chi connectivity index (χ3n) is 4.11. The molecule has 23 heavy (non-hydrogen) atoms. The Morgan fingerprint density at radius 3 is 2.87 bits per heavy atom. The first kappa shape index (κ1) is 17.4. The molecule has 1 aromatic rings. The summed E-state index contributed by atoms with van der Waals surface area (Å²) < 4.78 is 0. The topological polar surface area (TPSA) is 91.0 Å². The summed E-state index contributed by atoms with van der Waals surface area (Å²) in [7, 11) is 0. The van der Waals surface area contributed by atoms with Crippen LogP contribution in [0.2, 0.25) is 0 Å². The maximum Gasteiger partial charge on any atom is 0.227 e. The molecule has 128 valence electrons. The molecular formula is C16H27N5O2. The molecule has 1 fully saturated rings. The smallest absolute Gasteiger partial charge is 0.227 e. The fourth-order valence-electron chi connectivity index (χ4n) is 2.72. The summed E-state index contributed by atoms with van der Waals surface area (Å²) in [4.78, 5) is 30.3. The van der Waals surface area contributed by atoms with Crippen LogP contribution in [0.3, 0.4) is 0 Å². The van der Waals surface area contributed by atoms with Gasteiger partial charge >= 0.3 is 0 Å². The van der Waals surface area contributed by atoms with Crippen molar-refractivity contribution in [2.75, 3.05) is 13.1 Å². The van der Waals surface area contributed by atoms with Crippen molar-refractivity contribution >= 4 is 11.8 Å². The zero-order chi connectivity index (χ0) is 16.8. The number of amides is 2. The third-order valence-corrected chi connectivity index (χ3v) is 4.11. The number of likely N-dealkylation sites (tertiary alicyclic amines) is 1. The molecule has 1 aliphatic heterocycles. The SMILES string of the molecule is Cc1nc(CC(=O)NC2CCC(=O)N(CCC(C)C)CC2)n[nH]1. The molecule has 1 aromatic heterocycles. The van der Waals surface area contributed by atoms with E-state index in [0.717, 1.165) is 25.9 Å². The molecule has 1 saturated heterocycles. The molecule has 7 heteroatoms. The maximum absolute atomic E-state index is 12.1. The summed E-state index contributed by atoms with van der Waals surface area (Å²) in [5.41, 5.74) is 0. The Morgan fingerprint density at radius 2 is 2.22 bits per heavy atom. The Kier molecular flexibility index (Phi) is 6.12. The van der Waals surface area contributed by atoms with E-state index in [0.29, 0.717) is 30.4 Å². The summed E-state index contributed by atoms with van der Waals surface area (Å²) in [6.45, 7) is 7.66. The van der Waals surface area contributed by atoms with Crippen LogP contribution in [0.25, 0.3) is 0 Å². The van der Waals surface area contributed by atoms with Crippen molar-refractivity contribution in [2.24, 2.45) is 5.92 Å². The molecule has 0 aromatic carbocycles. The van der Waals surface area contributed by atoms with Crippen LogP contribution in [0, 0.1) is 12.8 Å². The standard InChI is InChI=1S/C16H27N5O2/c1-11(2)6-8-21-9-7-13(4-5-16(21)23)18-15(22)10-14-17-12(3)19-20-14/h11,13H,4-10H2,1-3H3,(H,18,22)(H,17,19,20). The van der Waals surface area contributed by atoms with Gasteiger partial charge in [-0.1, -0.05) is 13.8 Å². The highest BCUT2D eigenvalue weighted by atomic mass is 16.2. The van der Waals surface area contributed by atoms with Crippen LogP contribution in [0.1, 0.15) is 51.2 Å². The number of aromatic amines is 1. The summed E-state index contributed by atoms with van der Waals surface area (Å²) in [6, 6.07) is 0.0514. The van der Waals surface area contributed by atoms with Crippen LogP contribution in [-0.2, 0) is 16.0 Å². The Labute approximate surface area is 137 Å².